The van der Waals surface area contributed by atoms with Gasteiger partial charge in [-0.25, -0.2) is 4.79 Å². The van der Waals surface area contributed by atoms with E-state index in [4.69, 9.17) is 4.74 Å². The molecule has 3 rings (SSSR count). The maximum Gasteiger partial charge on any atom is 0.374 e. The molecule has 3 aromatic rings. The van der Waals surface area contributed by atoms with Crippen LogP contribution in [0, 0.1) is 0 Å². The average molecular weight is 292 g/mol. The van der Waals surface area contributed by atoms with Crippen molar-refractivity contribution >= 4 is 33.3 Å². The molecule has 0 N–H and O–H groups in total. The van der Waals surface area contributed by atoms with E-state index in [1.54, 1.807) is 6.92 Å². The summed E-state index contributed by atoms with van der Waals surface area (Å²) in [6.45, 7) is 3.02. The molecule has 0 spiro atoms. The first kappa shape index (κ1) is 14.3. The quantitative estimate of drug-likeness (QED) is 0.413. The standard InChI is InChI=1S/C19H16O3/c1-12(20)19(21)22-13(2)18-16-9-5-3-7-14(16)11-15-8-4-6-10-17(15)18/h3-11,13H,1-2H3. The van der Waals surface area contributed by atoms with Crippen molar-refractivity contribution in [3.8, 4) is 0 Å². The van der Waals surface area contributed by atoms with Gasteiger partial charge in [-0.1, -0.05) is 48.5 Å². The lowest BCUT2D eigenvalue weighted by Gasteiger charge is -2.18. The first-order valence-electron chi connectivity index (χ1n) is 7.20. The number of fused-ring (bicyclic) bond motifs is 2. The molecule has 0 fully saturated rings. The molecule has 0 saturated heterocycles. The summed E-state index contributed by atoms with van der Waals surface area (Å²) in [5, 5.41) is 4.24. The summed E-state index contributed by atoms with van der Waals surface area (Å²) in [6, 6.07) is 18.1. The van der Waals surface area contributed by atoms with Gasteiger partial charge in [-0.15, -0.1) is 0 Å². The third-order valence-corrected chi connectivity index (χ3v) is 3.79. The lowest BCUT2D eigenvalue weighted by molar-refractivity contribution is -0.156. The molecule has 0 heterocycles. The summed E-state index contributed by atoms with van der Waals surface area (Å²) >= 11 is 0. The first-order valence-corrected chi connectivity index (χ1v) is 7.20. The van der Waals surface area contributed by atoms with Crippen molar-refractivity contribution in [1.29, 1.82) is 0 Å². The fraction of sp³-hybridized carbons (Fsp3) is 0.158. The highest BCUT2D eigenvalue weighted by Gasteiger charge is 2.19. The van der Waals surface area contributed by atoms with Crippen molar-refractivity contribution in [2.45, 2.75) is 20.0 Å². The zero-order valence-electron chi connectivity index (χ0n) is 12.5. The maximum absolute atomic E-state index is 11.6. The second kappa shape index (κ2) is 5.60. The number of benzene rings is 3. The van der Waals surface area contributed by atoms with Crippen LogP contribution < -0.4 is 0 Å². The van der Waals surface area contributed by atoms with Crippen LogP contribution in [0.3, 0.4) is 0 Å². The van der Waals surface area contributed by atoms with Gasteiger partial charge in [0.05, 0.1) is 0 Å². The van der Waals surface area contributed by atoms with Gasteiger partial charge in [0.15, 0.2) is 0 Å². The zero-order chi connectivity index (χ0) is 15.7. The molecule has 0 aliphatic heterocycles. The van der Waals surface area contributed by atoms with E-state index in [2.05, 4.69) is 6.07 Å². The second-order valence-electron chi connectivity index (χ2n) is 5.34. The van der Waals surface area contributed by atoms with Gasteiger partial charge >= 0.3 is 5.97 Å². The summed E-state index contributed by atoms with van der Waals surface area (Å²) in [5.74, 6) is -1.39. The van der Waals surface area contributed by atoms with Gasteiger partial charge in [0.1, 0.15) is 6.10 Å². The molecule has 22 heavy (non-hydrogen) atoms. The normalized spacial score (nSPS) is 12.3. The third kappa shape index (κ3) is 2.46. The zero-order valence-corrected chi connectivity index (χ0v) is 12.5. The Morgan fingerprint density at radius 2 is 1.41 bits per heavy atom. The van der Waals surface area contributed by atoms with Crippen LogP contribution in [-0.4, -0.2) is 11.8 Å². The van der Waals surface area contributed by atoms with Gasteiger partial charge in [-0.3, -0.25) is 4.79 Å². The Hall–Kier alpha value is -2.68. The van der Waals surface area contributed by atoms with Crippen LogP contribution in [0.2, 0.25) is 0 Å². The fourth-order valence-electron chi connectivity index (χ4n) is 2.79. The van der Waals surface area contributed by atoms with E-state index in [0.717, 1.165) is 27.1 Å². The molecule has 0 saturated carbocycles. The lowest BCUT2D eigenvalue weighted by Crippen LogP contribution is -2.16. The third-order valence-electron chi connectivity index (χ3n) is 3.79. The van der Waals surface area contributed by atoms with Crippen molar-refractivity contribution in [1.82, 2.24) is 0 Å². The number of Topliss-reactive ketones (excluding diaryl/α,β-unsaturated/α-hetero) is 1. The predicted molar refractivity (Wildman–Crippen MR) is 86.6 cm³/mol. The summed E-state index contributed by atoms with van der Waals surface area (Å²) in [7, 11) is 0. The molecular weight excluding hydrogens is 276 g/mol. The number of ketones is 1. The molecule has 3 heteroatoms. The van der Waals surface area contributed by atoms with E-state index >= 15 is 0 Å². The number of ether oxygens (including phenoxy) is 1. The van der Waals surface area contributed by atoms with Crippen LogP contribution in [0.1, 0.15) is 25.5 Å². The summed E-state index contributed by atoms with van der Waals surface area (Å²) in [6.07, 6.45) is -0.493. The molecule has 0 aliphatic rings. The number of hydrogen-bond donors (Lipinski definition) is 0. The molecule has 0 aliphatic carbocycles. The van der Waals surface area contributed by atoms with Crippen LogP contribution in [0.25, 0.3) is 21.5 Å². The summed E-state index contributed by atoms with van der Waals surface area (Å²) in [5.41, 5.74) is 0.934. The van der Waals surface area contributed by atoms with E-state index in [1.165, 1.54) is 6.92 Å². The molecule has 0 amide bonds. The number of carbonyl (C=O) groups excluding carboxylic acids is 2. The Morgan fingerprint density at radius 1 is 0.909 bits per heavy atom. The van der Waals surface area contributed by atoms with Crippen molar-refractivity contribution in [3.63, 3.8) is 0 Å². The topological polar surface area (TPSA) is 43.4 Å². The highest BCUT2D eigenvalue weighted by Crippen LogP contribution is 2.34. The van der Waals surface area contributed by atoms with Crippen molar-refractivity contribution in [2.24, 2.45) is 0 Å². The van der Waals surface area contributed by atoms with Gasteiger partial charge in [0.2, 0.25) is 5.78 Å². The van der Waals surface area contributed by atoms with Crippen molar-refractivity contribution in [2.75, 3.05) is 0 Å². The summed E-state index contributed by atoms with van der Waals surface area (Å²) < 4.78 is 5.33. The van der Waals surface area contributed by atoms with Crippen molar-refractivity contribution < 1.29 is 14.3 Å². The fourth-order valence-corrected chi connectivity index (χ4v) is 2.79. The number of hydrogen-bond acceptors (Lipinski definition) is 3. The van der Waals surface area contributed by atoms with Gasteiger partial charge in [-0.05, 0) is 34.5 Å². The van der Waals surface area contributed by atoms with E-state index in [9.17, 15) is 9.59 Å². The van der Waals surface area contributed by atoms with E-state index < -0.39 is 17.9 Å². The van der Waals surface area contributed by atoms with E-state index in [1.807, 2.05) is 48.5 Å². The van der Waals surface area contributed by atoms with Crippen LogP contribution >= 0.6 is 0 Å². The Kier molecular flexibility index (Phi) is 3.63. The van der Waals surface area contributed by atoms with E-state index in [-0.39, 0.29) is 0 Å². The van der Waals surface area contributed by atoms with E-state index in [0.29, 0.717) is 0 Å². The molecule has 1 unspecified atom stereocenters. The molecular formula is C19H16O3. The molecule has 3 aromatic carbocycles. The minimum Gasteiger partial charge on any atom is -0.452 e. The first-order chi connectivity index (χ1) is 10.6. The minimum atomic E-state index is -0.801. The highest BCUT2D eigenvalue weighted by molar-refractivity contribution is 6.32. The van der Waals surface area contributed by atoms with Gasteiger partial charge in [-0.2, -0.15) is 0 Å². The van der Waals surface area contributed by atoms with Crippen LogP contribution in [0.4, 0.5) is 0 Å². The number of carbonyl (C=O) groups is 2. The molecule has 110 valence electrons. The predicted octanol–water partition coefficient (Wildman–Crippen LogP) is 4.19. The highest BCUT2D eigenvalue weighted by atomic mass is 16.5. The Balaban J connectivity index is 2.23. The Morgan fingerprint density at radius 3 is 1.91 bits per heavy atom. The van der Waals surface area contributed by atoms with Gasteiger partial charge < -0.3 is 4.74 Å². The molecule has 3 nitrogen and oxygen atoms in total. The maximum atomic E-state index is 11.6. The lowest BCUT2D eigenvalue weighted by atomic mass is 9.94. The van der Waals surface area contributed by atoms with Crippen LogP contribution in [-0.2, 0) is 14.3 Å². The molecule has 0 radical (unpaired) electrons. The second-order valence-corrected chi connectivity index (χ2v) is 5.34. The molecule has 0 aromatic heterocycles. The van der Waals surface area contributed by atoms with Crippen LogP contribution in [0.5, 0.6) is 0 Å². The monoisotopic (exact) mass is 292 g/mol. The molecule has 1 atom stereocenters. The average Bonchev–Trinajstić information content (AvgIpc) is 2.52. The Bertz CT molecular complexity index is 826. The van der Waals surface area contributed by atoms with Crippen molar-refractivity contribution in [3.05, 3.63) is 60.2 Å². The summed E-state index contributed by atoms with van der Waals surface area (Å²) in [4.78, 5) is 22.8. The smallest absolute Gasteiger partial charge is 0.374 e. The Labute approximate surface area is 128 Å². The van der Waals surface area contributed by atoms with Gasteiger partial charge in [0, 0.05) is 12.5 Å². The SMILES string of the molecule is CC(=O)C(=O)OC(C)c1c2ccccc2cc2ccccc12. The minimum absolute atomic E-state index is 0.493. The molecule has 0 bridgehead atoms. The number of rotatable bonds is 3. The van der Waals surface area contributed by atoms with Crippen LogP contribution in [0.15, 0.2) is 54.6 Å². The number of esters is 1. The largest absolute Gasteiger partial charge is 0.452 e. The van der Waals surface area contributed by atoms with Gasteiger partial charge in [0.25, 0.3) is 0 Å².